The summed E-state index contributed by atoms with van der Waals surface area (Å²) in [6.07, 6.45) is 6.53. The van der Waals surface area contributed by atoms with Gasteiger partial charge in [-0.25, -0.2) is 4.98 Å². The van der Waals surface area contributed by atoms with Crippen molar-refractivity contribution in [1.82, 2.24) is 9.55 Å². The highest BCUT2D eigenvalue weighted by Crippen LogP contribution is 2.37. The molecule has 2 aromatic rings. The van der Waals surface area contributed by atoms with Crippen LogP contribution in [0.5, 0.6) is 0 Å². The van der Waals surface area contributed by atoms with E-state index in [2.05, 4.69) is 22.5 Å². The highest BCUT2D eigenvalue weighted by atomic mass is 32.2. The number of nitrogens with zero attached hydrogens (tertiary/aromatic N) is 2. The van der Waals surface area contributed by atoms with E-state index in [-0.39, 0.29) is 0 Å². The summed E-state index contributed by atoms with van der Waals surface area (Å²) >= 11 is 1.84. The lowest BCUT2D eigenvalue weighted by Crippen LogP contribution is -1.97. The van der Waals surface area contributed by atoms with E-state index >= 15 is 0 Å². The summed E-state index contributed by atoms with van der Waals surface area (Å²) < 4.78 is 2.31. The molecule has 1 heterocycles. The zero-order valence-electron chi connectivity index (χ0n) is 10.5. The molecule has 2 N–H and O–H groups in total. The molecule has 0 atom stereocenters. The minimum Gasteiger partial charge on any atom is -0.398 e. The van der Waals surface area contributed by atoms with Crippen LogP contribution in [0.1, 0.15) is 30.1 Å². The summed E-state index contributed by atoms with van der Waals surface area (Å²) in [5, 5.41) is 0. The maximum absolute atomic E-state index is 5.93. The van der Waals surface area contributed by atoms with E-state index in [4.69, 9.17) is 5.73 Å². The monoisotopic (exact) mass is 259 g/mol. The molecule has 1 aromatic heterocycles. The third-order valence-corrected chi connectivity index (χ3v) is 4.58. The third kappa shape index (κ3) is 2.25. The fourth-order valence-corrected chi connectivity index (χ4v) is 3.10. The second-order valence-electron chi connectivity index (χ2n) is 4.78. The quantitative estimate of drug-likeness (QED) is 0.676. The fraction of sp³-hybridized carbons (Fsp3) is 0.357. The molecule has 1 aliphatic rings. The Morgan fingerprint density at radius 3 is 3.06 bits per heavy atom. The minimum atomic E-state index is 0.699. The number of hydrogen-bond donors (Lipinski definition) is 1. The van der Waals surface area contributed by atoms with Crippen LogP contribution < -0.4 is 5.73 Å². The van der Waals surface area contributed by atoms with Crippen LogP contribution in [-0.2, 0) is 5.75 Å². The number of benzene rings is 1. The van der Waals surface area contributed by atoms with E-state index in [1.54, 1.807) is 0 Å². The summed E-state index contributed by atoms with van der Waals surface area (Å²) in [5.74, 6) is 0.959. The van der Waals surface area contributed by atoms with Crippen LogP contribution in [0.4, 0.5) is 5.69 Å². The summed E-state index contributed by atoms with van der Waals surface area (Å²) in [5.41, 5.74) is 9.29. The molecule has 1 aliphatic carbocycles. The van der Waals surface area contributed by atoms with Crippen LogP contribution in [0.15, 0.2) is 35.6 Å². The lowest BCUT2D eigenvalue weighted by atomic mass is 10.2. The number of rotatable bonds is 4. The maximum Gasteiger partial charge on any atom is 0.0951 e. The first-order valence-electron chi connectivity index (χ1n) is 6.24. The highest BCUT2D eigenvalue weighted by Gasteiger charge is 2.25. The molecule has 0 radical (unpaired) electrons. The Hall–Kier alpha value is -1.42. The molecule has 18 heavy (non-hydrogen) atoms. The average molecular weight is 259 g/mol. The lowest BCUT2D eigenvalue weighted by Gasteiger charge is -2.09. The average Bonchev–Trinajstić information content (AvgIpc) is 3.11. The van der Waals surface area contributed by atoms with Crippen LogP contribution in [0.3, 0.4) is 0 Å². The molecule has 4 heteroatoms. The van der Waals surface area contributed by atoms with E-state index in [0.717, 1.165) is 11.4 Å². The van der Waals surface area contributed by atoms with Crippen LogP contribution in [0, 0.1) is 6.92 Å². The van der Waals surface area contributed by atoms with Gasteiger partial charge in [0.15, 0.2) is 0 Å². The summed E-state index contributed by atoms with van der Waals surface area (Å²) in [4.78, 5) is 5.52. The van der Waals surface area contributed by atoms with Gasteiger partial charge >= 0.3 is 0 Å². The second-order valence-corrected chi connectivity index (χ2v) is 5.80. The van der Waals surface area contributed by atoms with Gasteiger partial charge in [-0.15, -0.1) is 11.8 Å². The molecule has 1 aromatic carbocycles. The Balaban J connectivity index is 1.74. The van der Waals surface area contributed by atoms with Gasteiger partial charge in [0.2, 0.25) is 0 Å². The lowest BCUT2D eigenvalue weighted by molar-refractivity contribution is 0.714. The van der Waals surface area contributed by atoms with Crippen LogP contribution >= 0.6 is 11.8 Å². The number of imidazole rings is 1. The standard InChI is InChI=1S/C14H17N3S/c1-10-13(15)3-2-4-14(10)18-8-12-7-16-9-17(12)11-5-6-11/h2-4,7,9,11H,5-6,8,15H2,1H3. The summed E-state index contributed by atoms with van der Waals surface area (Å²) in [6.45, 7) is 2.08. The molecule has 1 saturated carbocycles. The zero-order chi connectivity index (χ0) is 12.5. The van der Waals surface area contributed by atoms with Crippen molar-refractivity contribution in [3.63, 3.8) is 0 Å². The van der Waals surface area contributed by atoms with Crippen LogP contribution in [-0.4, -0.2) is 9.55 Å². The van der Waals surface area contributed by atoms with Gasteiger partial charge in [-0.05, 0) is 37.5 Å². The molecular weight excluding hydrogens is 242 g/mol. The Kier molecular flexibility index (Phi) is 3.04. The second kappa shape index (κ2) is 4.69. The molecule has 3 nitrogen and oxygen atoms in total. The van der Waals surface area contributed by atoms with E-state index in [9.17, 15) is 0 Å². The van der Waals surface area contributed by atoms with Gasteiger partial charge in [0.1, 0.15) is 0 Å². The summed E-state index contributed by atoms with van der Waals surface area (Å²) in [6, 6.07) is 6.80. The smallest absolute Gasteiger partial charge is 0.0951 e. The predicted octanol–water partition coefficient (Wildman–Crippen LogP) is 3.40. The topological polar surface area (TPSA) is 43.8 Å². The minimum absolute atomic E-state index is 0.699. The number of thioether (sulfide) groups is 1. The third-order valence-electron chi connectivity index (χ3n) is 3.39. The van der Waals surface area contributed by atoms with E-state index < -0.39 is 0 Å². The maximum atomic E-state index is 5.93. The SMILES string of the molecule is Cc1c(N)cccc1SCc1cncn1C1CC1. The van der Waals surface area contributed by atoms with Gasteiger partial charge in [0.25, 0.3) is 0 Å². The van der Waals surface area contributed by atoms with Gasteiger partial charge in [0, 0.05) is 34.3 Å². The zero-order valence-corrected chi connectivity index (χ0v) is 11.3. The Labute approximate surface area is 111 Å². The highest BCUT2D eigenvalue weighted by molar-refractivity contribution is 7.98. The predicted molar refractivity (Wildman–Crippen MR) is 75.7 cm³/mol. The van der Waals surface area contributed by atoms with Crippen molar-refractivity contribution in [3.05, 3.63) is 42.0 Å². The Bertz CT molecular complexity index is 558. The van der Waals surface area contributed by atoms with E-state index in [0.29, 0.717) is 6.04 Å². The molecule has 3 rings (SSSR count). The van der Waals surface area contributed by atoms with Crippen molar-refractivity contribution in [2.45, 2.75) is 36.5 Å². The number of anilines is 1. The Morgan fingerprint density at radius 1 is 1.44 bits per heavy atom. The number of nitrogen functional groups attached to an aromatic ring is 1. The van der Waals surface area contributed by atoms with Crippen molar-refractivity contribution in [1.29, 1.82) is 0 Å². The van der Waals surface area contributed by atoms with Gasteiger partial charge in [-0.2, -0.15) is 0 Å². The van der Waals surface area contributed by atoms with Gasteiger partial charge in [-0.3, -0.25) is 0 Å². The molecule has 1 fully saturated rings. The van der Waals surface area contributed by atoms with E-state index in [1.807, 2.05) is 36.4 Å². The van der Waals surface area contributed by atoms with Gasteiger partial charge in [0.05, 0.1) is 6.33 Å². The molecule has 0 bridgehead atoms. The summed E-state index contributed by atoms with van der Waals surface area (Å²) in [7, 11) is 0. The van der Waals surface area contributed by atoms with Crippen molar-refractivity contribution >= 4 is 17.4 Å². The van der Waals surface area contributed by atoms with Gasteiger partial charge < -0.3 is 10.3 Å². The normalized spacial score (nSPS) is 14.9. The molecule has 0 spiro atoms. The number of nitrogens with two attached hydrogens (primary N) is 1. The van der Waals surface area contributed by atoms with Crippen molar-refractivity contribution in [2.75, 3.05) is 5.73 Å². The molecule has 0 amide bonds. The first-order valence-corrected chi connectivity index (χ1v) is 7.23. The van der Waals surface area contributed by atoms with Gasteiger partial charge in [-0.1, -0.05) is 6.07 Å². The first kappa shape index (κ1) is 11.7. The van der Waals surface area contributed by atoms with Crippen molar-refractivity contribution < 1.29 is 0 Å². The van der Waals surface area contributed by atoms with E-state index in [1.165, 1.54) is 29.0 Å². The first-order chi connectivity index (χ1) is 8.75. The number of aromatic nitrogens is 2. The molecule has 94 valence electrons. The molecule has 0 aliphatic heterocycles. The van der Waals surface area contributed by atoms with Crippen LogP contribution in [0.2, 0.25) is 0 Å². The fourth-order valence-electron chi connectivity index (χ4n) is 2.06. The van der Waals surface area contributed by atoms with Crippen molar-refractivity contribution in [3.8, 4) is 0 Å². The molecular formula is C14H17N3S. The number of hydrogen-bond acceptors (Lipinski definition) is 3. The Morgan fingerprint density at radius 2 is 2.28 bits per heavy atom. The largest absolute Gasteiger partial charge is 0.398 e. The van der Waals surface area contributed by atoms with Crippen molar-refractivity contribution in [2.24, 2.45) is 0 Å². The molecule has 0 unspecified atom stereocenters. The van der Waals surface area contributed by atoms with Crippen LogP contribution in [0.25, 0.3) is 0 Å². The molecule has 0 saturated heterocycles.